The Hall–Kier alpha value is -1.14. The van der Waals surface area contributed by atoms with Crippen LogP contribution in [0.3, 0.4) is 0 Å². The number of nitrogens with one attached hydrogen (secondary N) is 1. The Kier molecular flexibility index (Phi) is 6.80. The molecule has 0 saturated heterocycles. The van der Waals surface area contributed by atoms with Gasteiger partial charge in [0.25, 0.3) is 5.69 Å². The van der Waals surface area contributed by atoms with Gasteiger partial charge in [-0.3, -0.25) is 10.1 Å². The molecule has 19 heavy (non-hydrogen) atoms. The van der Waals surface area contributed by atoms with E-state index in [1.165, 1.54) is 6.07 Å². The number of anilines is 1. The summed E-state index contributed by atoms with van der Waals surface area (Å²) in [6, 6.07) is 5.06. The monoisotopic (exact) mass is 329 g/mol. The van der Waals surface area contributed by atoms with Crippen molar-refractivity contribution in [3.05, 3.63) is 32.8 Å². The summed E-state index contributed by atoms with van der Waals surface area (Å²) in [5.74, 6) is 0. The van der Waals surface area contributed by atoms with Crippen LogP contribution in [0.1, 0.15) is 20.3 Å². The lowest BCUT2D eigenvalue weighted by Crippen LogP contribution is -2.25. The fourth-order valence-corrected chi connectivity index (χ4v) is 2.22. The van der Waals surface area contributed by atoms with E-state index in [1.807, 2.05) is 0 Å². The molecule has 0 aliphatic carbocycles. The van der Waals surface area contributed by atoms with Gasteiger partial charge in [-0.1, -0.05) is 29.8 Å². The van der Waals surface area contributed by atoms with Crippen LogP contribution < -0.4 is 5.32 Å². The van der Waals surface area contributed by atoms with Crippen LogP contribution in [0.4, 0.5) is 11.4 Å². The molecule has 0 bridgehead atoms. The van der Waals surface area contributed by atoms with Crippen molar-refractivity contribution < 1.29 is 4.92 Å². The lowest BCUT2D eigenvalue weighted by molar-refractivity contribution is -0.384. The molecule has 0 fully saturated rings. The number of halogens is 1. The van der Waals surface area contributed by atoms with Crippen molar-refractivity contribution in [2.24, 2.45) is 0 Å². The van der Waals surface area contributed by atoms with Crippen LogP contribution in [0, 0.1) is 10.1 Å². The topological polar surface area (TPSA) is 58.4 Å². The van der Waals surface area contributed by atoms with Gasteiger partial charge in [-0.2, -0.15) is 0 Å². The van der Waals surface area contributed by atoms with Crippen LogP contribution in [0.15, 0.2) is 22.7 Å². The molecule has 1 N–H and O–H groups in total. The first-order chi connectivity index (χ1) is 9.08. The van der Waals surface area contributed by atoms with Gasteiger partial charge in [-0.05, 0) is 38.2 Å². The fourth-order valence-electron chi connectivity index (χ4n) is 1.87. The molecule has 0 aliphatic heterocycles. The maximum atomic E-state index is 10.9. The average Bonchev–Trinajstić information content (AvgIpc) is 2.40. The molecule has 6 heteroatoms. The Morgan fingerprint density at radius 3 is 2.63 bits per heavy atom. The van der Waals surface area contributed by atoms with E-state index in [0.29, 0.717) is 10.2 Å². The smallest absolute Gasteiger partial charge is 0.293 e. The molecule has 1 aromatic rings. The summed E-state index contributed by atoms with van der Waals surface area (Å²) in [6.45, 7) is 8.08. The highest BCUT2D eigenvalue weighted by atomic mass is 79.9. The molecule has 1 aromatic carbocycles. The molecule has 0 saturated carbocycles. The maximum Gasteiger partial charge on any atom is 0.293 e. The van der Waals surface area contributed by atoms with Crippen LogP contribution >= 0.6 is 15.9 Å². The normalized spacial score (nSPS) is 10.7. The van der Waals surface area contributed by atoms with E-state index in [-0.39, 0.29) is 10.6 Å². The molecule has 0 radical (unpaired) electrons. The fraction of sp³-hybridized carbons (Fsp3) is 0.538. The minimum Gasteiger partial charge on any atom is -0.379 e. The van der Waals surface area contributed by atoms with Crippen molar-refractivity contribution in [1.82, 2.24) is 4.90 Å². The van der Waals surface area contributed by atoms with E-state index in [9.17, 15) is 10.1 Å². The minimum absolute atomic E-state index is 0.109. The molecule has 0 heterocycles. The molecule has 0 aromatic heterocycles. The van der Waals surface area contributed by atoms with Gasteiger partial charge in [-0.25, -0.2) is 0 Å². The Morgan fingerprint density at radius 1 is 1.37 bits per heavy atom. The first-order valence-electron chi connectivity index (χ1n) is 6.48. The lowest BCUT2D eigenvalue weighted by Gasteiger charge is -2.17. The van der Waals surface area contributed by atoms with Gasteiger partial charge in [-0.15, -0.1) is 0 Å². The molecule has 106 valence electrons. The van der Waals surface area contributed by atoms with Gasteiger partial charge in [0.15, 0.2) is 0 Å². The third kappa shape index (κ3) is 5.16. The molecule has 0 aliphatic rings. The summed E-state index contributed by atoms with van der Waals surface area (Å²) in [6.07, 6.45) is 0.967. The number of benzene rings is 1. The van der Waals surface area contributed by atoms with Gasteiger partial charge in [0.2, 0.25) is 0 Å². The van der Waals surface area contributed by atoms with E-state index in [2.05, 4.69) is 40.0 Å². The van der Waals surface area contributed by atoms with E-state index in [4.69, 9.17) is 0 Å². The quantitative estimate of drug-likeness (QED) is 0.450. The first-order valence-corrected chi connectivity index (χ1v) is 7.28. The Labute approximate surface area is 122 Å². The maximum absolute atomic E-state index is 10.9. The van der Waals surface area contributed by atoms with E-state index >= 15 is 0 Å². The number of nitro benzene ring substituents is 1. The molecule has 0 spiro atoms. The third-order valence-electron chi connectivity index (χ3n) is 3.02. The van der Waals surface area contributed by atoms with Gasteiger partial charge in [0, 0.05) is 17.1 Å². The summed E-state index contributed by atoms with van der Waals surface area (Å²) in [7, 11) is 0. The predicted octanol–water partition coefficient (Wildman–Crippen LogP) is 3.50. The second kappa shape index (κ2) is 8.12. The van der Waals surface area contributed by atoms with E-state index < -0.39 is 0 Å². The van der Waals surface area contributed by atoms with Crippen molar-refractivity contribution in [2.45, 2.75) is 20.3 Å². The average molecular weight is 330 g/mol. The summed E-state index contributed by atoms with van der Waals surface area (Å²) >= 11 is 3.25. The Bertz CT molecular complexity index is 422. The molecular formula is C13H20BrN3O2. The first kappa shape index (κ1) is 15.9. The summed E-state index contributed by atoms with van der Waals surface area (Å²) in [5, 5.41) is 14.1. The molecule has 0 atom stereocenters. The lowest BCUT2D eigenvalue weighted by atomic mass is 10.2. The number of hydrogen-bond acceptors (Lipinski definition) is 4. The van der Waals surface area contributed by atoms with Crippen LogP contribution in [0.25, 0.3) is 0 Å². The van der Waals surface area contributed by atoms with Crippen LogP contribution in [-0.2, 0) is 0 Å². The zero-order valence-electron chi connectivity index (χ0n) is 11.4. The minimum atomic E-state index is -0.364. The van der Waals surface area contributed by atoms with Crippen molar-refractivity contribution >= 4 is 27.3 Å². The summed E-state index contributed by atoms with van der Waals surface area (Å²) < 4.78 is 0.716. The van der Waals surface area contributed by atoms with Crippen molar-refractivity contribution in [3.8, 4) is 0 Å². The number of nitro groups is 1. The number of hydrogen-bond donors (Lipinski definition) is 1. The van der Waals surface area contributed by atoms with Gasteiger partial charge in [0.1, 0.15) is 5.69 Å². The van der Waals surface area contributed by atoms with Crippen LogP contribution in [-0.4, -0.2) is 36.0 Å². The third-order valence-corrected chi connectivity index (χ3v) is 3.51. The molecular weight excluding hydrogens is 310 g/mol. The molecule has 0 unspecified atom stereocenters. The zero-order valence-corrected chi connectivity index (χ0v) is 12.9. The van der Waals surface area contributed by atoms with Crippen molar-refractivity contribution in [3.63, 3.8) is 0 Å². The van der Waals surface area contributed by atoms with Crippen LogP contribution in [0.2, 0.25) is 0 Å². The largest absolute Gasteiger partial charge is 0.379 e. The highest BCUT2D eigenvalue weighted by molar-refractivity contribution is 9.10. The number of rotatable bonds is 8. The van der Waals surface area contributed by atoms with E-state index in [0.717, 1.165) is 32.6 Å². The van der Waals surface area contributed by atoms with Gasteiger partial charge >= 0.3 is 0 Å². The molecule has 0 amide bonds. The standard InChI is InChI=1S/C13H20BrN3O2/c1-3-16(4-2)9-5-8-15-12-7-6-11(14)10-13(12)17(18)19/h6-7,10,15H,3-5,8-9H2,1-2H3. The second-order valence-electron chi connectivity index (χ2n) is 4.23. The molecule has 1 rings (SSSR count). The van der Waals surface area contributed by atoms with Gasteiger partial charge in [0.05, 0.1) is 4.92 Å². The summed E-state index contributed by atoms with van der Waals surface area (Å²) in [5.41, 5.74) is 0.685. The van der Waals surface area contributed by atoms with Crippen molar-refractivity contribution in [1.29, 1.82) is 0 Å². The second-order valence-corrected chi connectivity index (χ2v) is 5.14. The summed E-state index contributed by atoms with van der Waals surface area (Å²) in [4.78, 5) is 12.9. The van der Waals surface area contributed by atoms with E-state index in [1.54, 1.807) is 12.1 Å². The van der Waals surface area contributed by atoms with Crippen molar-refractivity contribution in [2.75, 3.05) is 31.5 Å². The zero-order chi connectivity index (χ0) is 14.3. The van der Waals surface area contributed by atoms with Crippen LogP contribution in [0.5, 0.6) is 0 Å². The highest BCUT2D eigenvalue weighted by Gasteiger charge is 2.13. The molecule has 5 nitrogen and oxygen atoms in total. The number of nitrogens with zero attached hydrogens (tertiary/aromatic N) is 2. The predicted molar refractivity (Wildman–Crippen MR) is 81.7 cm³/mol. The van der Waals surface area contributed by atoms with Gasteiger partial charge < -0.3 is 10.2 Å². The Balaban J connectivity index is 2.51. The Morgan fingerprint density at radius 2 is 2.05 bits per heavy atom. The SMILES string of the molecule is CCN(CC)CCCNc1ccc(Br)cc1[N+](=O)[O-]. The highest BCUT2D eigenvalue weighted by Crippen LogP contribution is 2.27.